The summed E-state index contributed by atoms with van der Waals surface area (Å²) in [6.07, 6.45) is 0.584. The SMILES string of the molecule is CC1OCCC1(C)NS(=O)(=O)c1ccccc1. The molecule has 1 aromatic rings. The lowest BCUT2D eigenvalue weighted by Gasteiger charge is -2.28. The number of sulfonamides is 1. The van der Waals surface area contributed by atoms with Crippen molar-refractivity contribution in [3.8, 4) is 0 Å². The fraction of sp³-hybridized carbons (Fsp3) is 0.500. The van der Waals surface area contributed by atoms with Crippen molar-refractivity contribution in [1.29, 1.82) is 0 Å². The second kappa shape index (κ2) is 4.40. The average Bonchev–Trinajstić information content (AvgIpc) is 2.59. The van der Waals surface area contributed by atoms with Gasteiger partial charge in [-0.05, 0) is 32.4 Å². The third-order valence-electron chi connectivity index (χ3n) is 3.31. The summed E-state index contributed by atoms with van der Waals surface area (Å²) in [5, 5.41) is 0. The van der Waals surface area contributed by atoms with Crippen LogP contribution < -0.4 is 4.72 Å². The van der Waals surface area contributed by atoms with Crippen LogP contribution in [-0.4, -0.2) is 26.7 Å². The molecule has 1 N–H and O–H groups in total. The minimum atomic E-state index is -3.47. The Kier molecular flexibility index (Phi) is 3.25. The molecule has 0 aliphatic carbocycles. The van der Waals surface area contributed by atoms with Gasteiger partial charge in [0, 0.05) is 6.61 Å². The van der Waals surface area contributed by atoms with E-state index in [4.69, 9.17) is 4.74 Å². The maximum Gasteiger partial charge on any atom is 0.241 e. The van der Waals surface area contributed by atoms with Gasteiger partial charge in [-0.15, -0.1) is 0 Å². The van der Waals surface area contributed by atoms with Gasteiger partial charge in [0.2, 0.25) is 10.0 Å². The molecule has 1 aliphatic heterocycles. The summed E-state index contributed by atoms with van der Waals surface area (Å²) in [6, 6.07) is 8.40. The fourth-order valence-electron chi connectivity index (χ4n) is 1.93. The Hall–Kier alpha value is -0.910. The van der Waals surface area contributed by atoms with Gasteiger partial charge in [-0.2, -0.15) is 0 Å². The van der Waals surface area contributed by atoms with Crippen molar-refractivity contribution in [2.75, 3.05) is 6.61 Å². The van der Waals surface area contributed by atoms with E-state index in [9.17, 15) is 8.42 Å². The van der Waals surface area contributed by atoms with E-state index >= 15 is 0 Å². The largest absolute Gasteiger partial charge is 0.376 e. The molecule has 1 heterocycles. The highest BCUT2D eigenvalue weighted by atomic mass is 32.2. The molecule has 0 amide bonds. The van der Waals surface area contributed by atoms with E-state index in [0.717, 1.165) is 0 Å². The van der Waals surface area contributed by atoms with Crippen molar-refractivity contribution < 1.29 is 13.2 Å². The summed E-state index contributed by atoms with van der Waals surface area (Å²) in [7, 11) is -3.47. The summed E-state index contributed by atoms with van der Waals surface area (Å²) in [5.41, 5.74) is -0.519. The van der Waals surface area contributed by atoms with Crippen molar-refractivity contribution in [3.05, 3.63) is 30.3 Å². The maximum atomic E-state index is 12.2. The van der Waals surface area contributed by atoms with Gasteiger partial charge in [0.05, 0.1) is 16.5 Å². The van der Waals surface area contributed by atoms with Crippen LogP contribution in [0.1, 0.15) is 20.3 Å². The molecular formula is C12H17NO3S. The van der Waals surface area contributed by atoms with Crippen LogP contribution in [0.4, 0.5) is 0 Å². The first-order chi connectivity index (χ1) is 7.94. The van der Waals surface area contributed by atoms with E-state index in [1.54, 1.807) is 30.3 Å². The third-order valence-corrected chi connectivity index (χ3v) is 4.94. The van der Waals surface area contributed by atoms with Gasteiger partial charge in [0.25, 0.3) is 0 Å². The van der Waals surface area contributed by atoms with Crippen molar-refractivity contribution in [2.45, 2.75) is 36.8 Å². The average molecular weight is 255 g/mol. The summed E-state index contributed by atoms with van der Waals surface area (Å²) in [4.78, 5) is 0.292. The van der Waals surface area contributed by atoms with E-state index in [1.807, 2.05) is 13.8 Å². The topological polar surface area (TPSA) is 55.4 Å². The van der Waals surface area contributed by atoms with Gasteiger partial charge in [0.15, 0.2) is 0 Å². The Morgan fingerprint density at radius 2 is 2.00 bits per heavy atom. The lowest BCUT2D eigenvalue weighted by molar-refractivity contribution is 0.0957. The van der Waals surface area contributed by atoms with Crippen molar-refractivity contribution in [1.82, 2.24) is 4.72 Å². The maximum absolute atomic E-state index is 12.2. The number of rotatable bonds is 3. The zero-order valence-corrected chi connectivity index (χ0v) is 10.8. The van der Waals surface area contributed by atoms with E-state index in [-0.39, 0.29) is 6.10 Å². The molecule has 94 valence electrons. The predicted octanol–water partition coefficient (Wildman–Crippen LogP) is 1.53. The van der Waals surface area contributed by atoms with Gasteiger partial charge >= 0.3 is 0 Å². The standard InChI is InChI=1S/C12H17NO3S/c1-10-12(2,8-9-16-10)13-17(14,15)11-6-4-3-5-7-11/h3-7,10,13H,8-9H2,1-2H3. The monoisotopic (exact) mass is 255 g/mol. The molecule has 0 spiro atoms. The van der Waals surface area contributed by atoms with Crippen molar-refractivity contribution >= 4 is 10.0 Å². The fourth-order valence-corrected chi connectivity index (χ4v) is 3.45. The molecule has 17 heavy (non-hydrogen) atoms. The third kappa shape index (κ3) is 2.51. The highest BCUT2D eigenvalue weighted by molar-refractivity contribution is 7.89. The van der Waals surface area contributed by atoms with Crippen molar-refractivity contribution in [3.63, 3.8) is 0 Å². The minimum absolute atomic E-state index is 0.110. The molecule has 1 saturated heterocycles. The van der Waals surface area contributed by atoms with Gasteiger partial charge < -0.3 is 4.74 Å². The van der Waals surface area contributed by atoms with Crippen LogP contribution in [0.3, 0.4) is 0 Å². The summed E-state index contributed by atoms with van der Waals surface area (Å²) in [5.74, 6) is 0. The van der Waals surface area contributed by atoms with Crippen LogP contribution in [0, 0.1) is 0 Å². The number of hydrogen-bond acceptors (Lipinski definition) is 3. The Morgan fingerprint density at radius 3 is 2.53 bits per heavy atom. The van der Waals surface area contributed by atoms with E-state index < -0.39 is 15.6 Å². The second-order valence-corrected chi connectivity index (χ2v) is 6.28. The van der Waals surface area contributed by atoms with Crippen LogP contribution >= 0.6 is 0 Å². The molecule has 0 saturated carbocycles. The number of nitrogens with one attached hydrogen (secondary N) is 1. The predicted molar refractivity (Wildman–Crippen MR) is 65.2 cm³/mol. The highest BCUT2D eigenvalue weighted by Gasteiger charge is 2.40. The first-order valence-corrected chi connectivity index (χ1v) is 7.13. The second-order valence-electron chi connectivity index (χ2n) is 4.60. The van der Waals surface area contributed by atoms with Gasteiger partial charge in [0.1, 0.15) is 0 Å². The molecular weight excluding hydrogens is 238 g/mol. The lowest BCUT2D eigenvalue weighted by atomic mass is 9.97. The zero-order chi connectivity index (χ0) is 12.5. The van der Waals surface area contributed by atoms with E-state index in [2.05, 4.69) is 4.72 Å². The molecule has 4 nitrogen and oxygen atoms in total. The Bertz CT molecular complexity index is 486. The first kappa shape index (κ1) is 12.5. The molecule has 1 aromatic carbocycles. The molecule has 1 fully saturated rings. The Labute approximate surface area is 102 Å². The molecule has 0 radical (unpaired) electrons. The van der Waals surface area contributed by atoms with Gasteiger partial charge in [-0.25, -0.2) is 13.1 Å². The van der Waals surface area contributed by atoms with Crippen molar-refractivity contribution in [2.24, 2.45) is 0 Å². The minimum Gasteiger partial charge on any atom is -0.376 e. The lowest BCUT2D eigenvalue weighted by Crippen LogP contribution is -2.50. The molecule has 0 bridgehead atoms. The Balaban J connectivity index is 2.24. The first-order valence-electron chi connectivity index (χ1n) is 5.65. The van der Waals surface area contributed by atoms with Crippen LogP contribution in [0.2, 0.25) is 0 Å². The van der Waals surface area contributed by atoms with Crippen LogP contribution in [0.25, 0.3) is 0 Å². The number of ether oxygens (including phenoxy) is 1. The van der Waals surface area contributed by atoms with Gasteiger partial charge in [-0.3, -0.25) is 0 Å². The molecule has 2 unspecified atom stereocenters. The summed E-state index contributed by atoms with van der Waals surface area (Å²) in [6.45, 7) is 4.36. The molecule has 2 rings (SSSR count). The summed E-state index contributed by atoms with van der Waals surface area (Å²) >= 11 is 0. The zero-order valence-electron chi connectivity index (χ0n) is 10.0. The molecule has 2 atom stereocenters. The van der Waals surface area contributed by atoms with E-state index in [0.29, 0.717) is 17.9 Å². The van der Waals surface area contributed by atoms with E-state index in [1.165, 1.54) is 0 Å². The quantitative estimate of drug-likeness (QED) is 0.891. The molecule has 5 heteroatoms. The van der Waals surface area contributed by atoms with Crippen LogP contribution in [0.5, 0.6) is 0 Å². The summed E-state index contributed by atoms with van der Waals surface area (Å²) < 4.78 is 32.5. The number of hydrogen-bond donors (Lipinski definition) is 1. The molecule has 0 aromatic heterocycles. The van der Waals surface area contributed by atoms with Gasteiger partial charge in [-0.1, -0.05) is 18.2 Å². The van der Waals surface area contributed by atoms with Crippen LogP contribution in [-0.2, 0) is 14.8 Å². The highest BCUT2D eigenvalue weighted by Crippen LogP contribution is 2.27. The van der Waals surface area contributed by atoms with Crippen LogP contribution in [0.15, 0.2) is 35.2 Å². The number of benzene rings is 1. The Morgan fingerprint density at radius 1 is 1.35 bits per heavy atom. The molecule has 1 aliphatic rings. The smallest absolute Gasteiger partial charge is 0.241 e. The normalized spacial score (nSPS) is 29.4.